The largest absolute Gasteiger partial charge is 0.494 e. The summed E-state index contributed by atoms with van der Waals surface area (Å²) in [5.41, 5.74) is 1.56. The molecule has 0 spiro atoms. The van der Waals surface area contributed by atoms with E-state index in [1.54, 1.807) is 19.1 Å². The summed E-state index contributed by atoms with van der Waals surface area (Å²) in [6.45, 7) is 1.77. The molecule has 30 heavy (non-hydrogen) atoms. The molecular formula is C19H16Cl2N4O3S2. The number of ether oxygens (including phenoxy) is 1. The number of carbonyl (C=O) groups is 2. The summed E-state index contributed by atoms with van der Waals surface area (Å²) in [5, 5.41) is 9.38. The topological polar surface area (TPSA) is 92.4 Å². The molecule has 0 aliphatic carbocycles. The van der Waals surface area contributed by atoms with E-state index in [4.69, 9.17) is 40.2 Å². The molecule has 1 aromatic heterocycles. The van der Waals surface area contributed by atoms with Gasteiger partial charge in [-0.25, -0.2) is 4.98 Å². The molecule has 0 bridgehead atoms. The second-order valence-electron chi connectivity index (χ2n) is 5.98. The number of halogens is 2. The van der Waals surface area contributed by atoms with Crippen LogP contribution in [0.3, 0.4) is 0 Å². The van der Waals surface area contributed by atoms with Gasteiger partial charge in [0.25, 0.3) is 5.91 Å². The zero-order chi connectivity index (χ0) is 21.8. The number of nitrogens with zero attached hydrogens (tertiary/aromatic N) is 1. The molecule has 0 aliphatic rings. The lowest BCUT2D eigenvalue weighted by Gasteiger charge is -2.13. The number of amides is 2. The molecule has 3 aromatic rings. The Kier molecular flexibility index (Phi) is 7.09. The summed E-state index contributed by atoms with van der Waals surface area (Å²) in [5.74, 6) is -0.417. The van der Waals surface area contributed by atoms with Gasteiger partial charge in [-0.1, -0.05) is 41.5 Å². The van der Waals surface area contributed by atoms with Gasteiger partial charge >= 0.3 is 0 Å². The summed E-state index contributed by atoms with van der Waals surface area (Å²) in [6.07, 6.45) is 0.374. The zero-order valence-corrected chi connectivity index (χ0v) is 19.0. The third kappa shape index (κ3) is 5.17. The predicted octanol–water partition coefficient (Wildman–Crippen LogP) is 5.09. The van der Waals surface area contributed by atoms with Gasteiger partial charge in [-0.05, 0) is 42.5 Å². The number of aromatic nitrogens is 1. The Hall–Kier alpha value is -2.46. The first kappa shape index (κ1) is 22.2. The summed E-state index contributed by atoms with van der Waals surface area (Å²) in [6, 6.07) is 8.31. The lowest BCUT2D eigenvalue weighted by molar-refractivity contribution is -0.115. The van der Waals surface area contributed by atoms with Gasteiger partial charge < -0.3 is 15.4 Å². The lowest BCUT2D eigenvalue weighted by atomic mass is 10.2. The van der Waals surface area contributed by atoms with Crippen molar-refractivity contribution < 1.29 is 14.3 Å². The summed E-state index contributed by atoms with van der Waals surface area (Å²) >= 11 is 18.6. The number of thiazole rings is 1. The Balaban J connectivity index is 1.72. The van der Waals surface area contributed by atoms with Crippen molar-refractivity contribution in [2.75, 3.05) is 17.7 Å². The highest BCUT2D eigenvalue weighted by atomic mass is 35.5. The zero-order valence-electron chi connectivity index (χ0n) is 15.8. The van der Waals surface area contributed by atoms with Crippen LogP contribution in [0.15, 0.2) is 30.3 Å². The van der Waals surface area contributed by atoms with Crippen LogP contribution in [0.5, 0.6) is 5.75 Å². The lowest BCUT2D eigenvalue weighted by Crippen LogP contribution is -2.34. The highest BCUT2D eigenvalue weighted by molar-refractivity contribution is 7.80. The quantitative estimate of drug-likeness (QED) is 0.438. The Bertz CT molecular complexity index is 1150. The number of fused-ring (bicyclic) bond motifs is 1. The van der Waals surface area contributed by atoms with E-state index >= 15 is 0 Å². The normalized spacial score (nSPS) is 10.5. The maximum atomic E-state index is 12.6. The van der Waals surface area contributed by atoms with E-state index in [1.165, 1.54) is 30.6 Å². The number of anilines is 2. The van der Waals surface area contributed by atoms with Crippen LogP contribution in [0.2, 0.25) is 10.0 Å². The van der Waals surface area contributed by atoms with E-state index in [9.17, 15) is 9.59 Å². The third-order valence-corrected chi connectivity index (χ3v) is 5.53. The molecule has 0 unspecified atom stereocenters. The van der Waals surface area contributed by atoms with Crippen molar-refractivity contribution in [1.29, 1.82) is 0 Å². The Morgan fingerprint density at radius 2 is 1.97 bits per heavy atom. The maximum absolute atomic E-state index is 12.6. The highest BCUT2D eigenvalue weighted by Crippen LogP contribution is 2.32. The molecule has 0 radical (unpaired) electrons. The monoisotopic (exact) mass is 482 g/mol. The van der Waals surface area contributed by atoms with Crippen LogP contribution in [0.4, 0.5) is 10.8 Å². The molecule has 0 saturated carbocycles. The molecule has 7 nitrogen and oxygen atoms in total. The number of carbonyl (C=O) groups excluding carboxylic acids is 2. The molecule has 3 N–H and O–H groups in total. The molecule has 1 heterocycles. The molecule has 0 saturated heterocycles. The number of hydrogen-bond acceptors (Lipinski definition) is 6. The van der Waals surface area contributed by atoms with Crippen LogP contribution in [0.25, 0.3) is 10.2 Å². The Morgan fingerprint density at radius 3 is 2.67 bits per heavy atom. The number of nitrogens with one attached hydrogen (secondary N) is 3. The average molecular weight is 483 g/mol. The molecule has 2 amide bonds. The second-order valence-corrected chi connectivity index (χ2v) is 8.26. The number of rotatable bonds is 5. The van der Waals surface area contributed by atoms with Gasteiger partial charge in [0.2, 0.25) is 5.91 Å². The fraction of sp³-hybridized carbons (Fsp3) is 0.158. The van der Waals surface area contributed by atoms with Gasteiger partial charge in [-0.2, -0.15) is 0 Å². The van der Waals surface area contributed by atoms with Crippen LogP contribution >= 0.6 is 46.8 Å². The van der Waals surface area contributed by atoms with Gasteiger partial charge in [0.1, 0.15) is 5.75 Å². The van der Waals surface area contributed by atoms with Crippen molar-refractivity contribution in [3.8, 4) is 5.75 Å². The molecule has 156 valence electrons. The van der Waals surface area contributed by atoms with Crippen molar-refractivity contribution in [3.05, 3.63) is 45.9 Å². The van der Waals surface area contributed by atoms with Gasteiger partial charge in [-0.15, -0.1) is 0 Å². The number of benzene rings is 2. The van der Waals surface area contributed by atoms with Crippen LogP contribution < -0.4 is 20.7 Å². The van der Waals surface area contributed by atoms with Gasteiger partial charge in [0.15, 0.2) is 10.2 Å². The molecule has 0 aliphatic heterocycles. The van der Waals surface area contributed by atoms with E-state index in [-0.39, 0.29) is 27.4 Å². The first-order valence-electron chi connectivity index (χ1n) is 8.66. The van der Waals surface area contributed by atoms with Crippen molar-refractivity contribution >= 4 is 84.7 Å². The fourth-order valence-electron chi connectivity index (χ4n) is 2.53. The van der Waals surface area contributed by atoms with Gasteiger partial charge in [0.05, 0.1) is 27.9 Å². The van der Waals surface area contributed by atoms with E-state index in [2.05, 4.69) is 20.9 Å². The van der Waals surface area contributed by atoms with Gasteiger partial charge in [-0.3, -0.25) is 14.9 Å². The highest BCUT2D eigenvalue weighted by Gasteiger charge is 2.18. The van der Waals surface area contributed by atoms with Crippen LogP contribution in [0, 0.1) is 0 Å². The van der Waals surface area contributed by atoms with Crippen molar-refractivity contribution in [3.63, 3.8) is 0 Å². The number of hydrogen-bond donors (Lipinski definition) is 3. The summed E-state index contributed by atoms with van der Waals surface area (Å²) < 4.78 is 6.04. The molecule has 3 rings (SSSR count). The molecule has 2 aromatic carbocycles. The van der Waals surface area contributed by atoms with Crippen LogP contribution in [-0.2, 0) is 4.79 Å². The SMILES string of the molecule is CCC(=O)Nc1nc2ccc(NC(=S)NC(=O)c3cc(Cl)cc(Cl)c3OC)cc2s1. The van der Waals surface area contributed by atoms with Crippen LogP contribution in [-0.4, -0.2) is 29.0 Å². The fourth-order valence-corrected chi connectivity index (χ4v) is 4.24. The van der Waals surface area contributed by atoms with E-state index < -0.39 is 5.91 Å². The minimum atomic E-state index is -0.516. The minimum absolute atomic E-state index is 0.0847. The van der Waals surface area contributed by atoms with E-state index in [1.807, 2.05) is 6.07 Å². The second kappa shape index (κ2) is 9.57. The van der Waals surface area contributed by atoms with Crippen molar-refractivity contribution in [1.82, 2.24) is 10.3 Å². The van der Waals surface area contributed by atoms with Crippen molar-refractivity contribution in [2.24, 2.45) is 0 Å². The number of thiocarbonyl (C=S) groups is 1. The standard InChI is InChI=1S/C19H16Cl2N4O3S2/c1-3-15(26)24-19-23-13-5-4-10(8-14(13)30-19)22-18(29)25-17(27)11-6-9(20)7-12(21)16(11)28-2/h4-8H,3H2,1-2H3,(H,23,24,26)(H2,22,25,27,29). The summed E-state index contributed by atoms with van der Waals surface area (Å²) in [4.78, 5) is 28.5. The predicted molar refractivity (Wildman–Crippen MR) is 125 cm³/mol. The first-order chi connectivity index (χ1) is 14.3. The van der Waals surface area contributed by atoms with E-state index in [0.29, 0.717) is 22.3 Å². The smallest absolute Gasteiger partial charge is 0.261 e. The minimum Gasteiger partial charge on any atom is -0.494 e. The Morgan fingerprint density at radius 1 is 1.20 bits per heavy atom. The maximum Gasteiger partial charge on any atom is 0.261 e. The molecule has 0 fully saturated rings. The molecule has 11 heteroatoms. The first-order valence-corrected chi connectivity index (χ1v) is 10.6. The molecule has 0 atom stereocenters. The number of methoxy groups -OCH3 is 1. The summed E-state index contributed by atoms with van der Waals surface area (Å²) in [7, 11) is 1.41. The van der Waals surface area contributed by atoms with Crippen molar-refractivity contribution in [2.45, 2.75) is 13.3 Å². The third-order valence-electron chi connectivity index (χ3n) is 3.90. The van der Waals surface area contributed by atoms with E-state index in [0.717, 1.165) is 10.2 Å². The van der Waals surface area contributed by atoms with Gasteiger partial charge in [0, 0.05) is 17.1 Å². The average Bonchev–Trinajstić information content (AvgIpc) is 3.08. The van der Waals surface area contributed by atoms with Crippen LogP contribution in [0.1, 0.15) is 23.7 Å². The Labute approximate surface area is 191 Å². The molecular weight excluding hydrogens is 467 g/mol.